The molecule has 0 aliphatic heterocycles. The third-order valence-electron chi connectivity index (χ3n) is 4.03. The zero-order chi connectivity index (χ0) is 19.8. The molecule has 3 rings (SSSR count). The molecule has 0 saturated carbocycles. The molecule has 0 saturated heterocycles. The SMILES string of the molecule is Cc1ccc(NC(=O)c2cccc(CNCCN)c2)cc1Oc1ncccn1. The van der Waals surface area contributed by atoms with Crippen LogP contribution in [0.25, 0.3) is 0 Å². The quantitative estimate of drug-likeness (QED) is 0.522. The predicted molar refractivity (Wildman–Crippen MR) is 108 cm³/mol. The number of ether oxygens (including phenoxy) is 1. The van der Waals surface area contributed by atoms with Crippen LogP contribution in [0.3, 0.4) is 0 Å². The van der Waals surface area contributed by atoms with E-state index in [1.807, 2.05) is 37.3 Å². The Hall–Kier alpha value is -3.29. The summed E-state index contributed by atoms with van der Waals surface area (Å²) in [6.45, 7) is 3.89. The number of aryl methyl sites for hydroxylation is 1. The monoisotopic (exact) mass is 377 g/mol. The van der Waals surface area contributed by atoms with Gasteiger partial charge in [-0.2, -0.15) is 0 Å². The Kier molecular flexibility index (Phi) is 6.67. The van der Waals surface area contributed by atoms with Crippen LogP contribution in [0.4, 0.5) is 5.69 Å². The molecule has 2 aromatic carbocycles. The lowest BCUT2D eigenvalue weighted by Crippen LogP contribution is -2.22. The lowest BCUT2D eigenvalue weighted by molar-refractivity contribution is 0.102. The molecule has 1 aromatic heterocycles. The maximum Gasteiger partial charge on any atom is 0.321 e. The molecular weight excluding hydrogens is 354 g/mol. The van der Waals surface area contributed by atoms with Crippen LogP contribution in [0.5, 0.6) is 11.8 Å². The number of amides is 1. The van der Waals surface area contributed by atoms with E-state index in [1.54, 1.807) is 30.6 Å². The van der Waals surface area contributed by atoms with Crippen molar-refractivity contribution in [3.63, 3.8) is 0 Å². The first-order chi connectivity index (χ1) is 13.7. The number of hydrogen-bond donors (Lipinski definition) is 3. The number of nitrogens with zero attached hydrogens (tertiary/aromatic N) is 2. The highest BCUT2D eigenvalue weighted by molar-refractivity contribution is 6.04. The molecule has 0 unspecified atom stereocenters. The van der Waals surface area contributed by atoms with Gasteiger partial charge in [-0.25, -0.2) is 9.97 Å². The normalized spacial score (nSPS) is 10.5. The van der Waals surface area contributed by atoms with E-state index in [0.29, 0.717) is 30.1 Å². The first kappa shape index (κ1) is 19.5. The van der Waals surface area contributed by atoms with Crippen molar-refractivity contribution in [3.05, 3.63) is 77.6 Å². The van der Waals surface area contributed by atoms with Crippen molar-refractivity contribution in [2.75, 3.05) is 18.4 Å². The molecule has 0 bridgehead atoms. The minimum atomic E-state index is -0.188. The second-order valence-electron chi connectivity index (χ2n) is 6.23. The summed E-state index contributed by atoms with van der Waals surface area (Å²) in [5.74, 6) is 0.398. The molecule has 0 radical (unpaired) electrons. The van der Waals surface area contributed by atoms with Gasteiger partial charge in [0.1, 0.15) is 5.75 Å². The molecule has 0 aliphatic rings. The molecule has 7 heteroatoms. The number of aromatic nitrogens is 2. The van der Waals surface area contributed by atoms with E-state index in [1.165, 1.54) is 0 Å². The van der Waals surface area contributed by atoms with Gasteiger partial charge in [0.15, 0.2) is 0 Å². The summed E-state index contributed by atoms with van der Waals surface area (Å²) in [5, 5.41) is 6.12. The second-order valence-corrected chi connectivity index (χ2v) is 6.23. The van der Waals surface area contributed by atoms with Gasteiger partial charge in [-0.3, -0.25) is 4.79 Å². The molecule has 1 amide bonds. The Morgan fingerprint density at radius 1 is 1.11 bits per heavy atom. The number of anilines is 1. The molecule has 3 aromatic rings. The van der Waals surface area contributed by atoms with Gasteiger partial charge in [0.05, 0.1) is 0 Å². The second kappa shape index (κ2) is 9.59. The molecular formula is C21H23N5O2. The van der Waals surface area contributed by atoms with Crippen LogP contribution in [0.1, 0.15) is 21.5 Å². The fourth-order valence-electron chi connectivity index (χ4n) is 2.58. The van der Waals surface area contributed by atoms with E-state index in [9.17, 15) is 4.79 Å². The smallest absolute Gasteiger partial charge is 0.321 e. The van der Waals surface area contributed by atoms with Gasteiger partial charge < -0.3 is 21.1 Å². The number of hydrogen-bond acceptors (Lipinski definition) is 6. The highest BCUT2D eigenvalue weighted by Gasteiger charge is 2.10. The van der Waals surface area contributed by atoms with Crippen molar-refractivity contribution >= 4 is 11.6 Å². The zero-order valence-electron chi connectivity index (χ0n) is 15.7. The first-order valence-electron chi connectivity index (χ1n) is 9.02. The van der Waals surface area contributed by atoms with E-state index in [2.05, 4.69) is 20.6 Å². The lowest BCUT2D eigenvalue weighted by Gasteiger charge is -2.11. The average molecular weight is 377 g/mol. The van der Waals surface area contributed by atoms with Crippen LogP contribution < -0.4 is 21.1 Å². The summed E-state index contributed by atoms with van der Waals surface area (Å²) < 4.78 is 5.72. The van der Waals surface area contributed by atoms with Gasteiger partial charge in [-0.15, -0.1) is 0 Å². The van der Waals surface area contributed by atoms with E-state index in [-0.39, 0.29) is 11.9 Å². The Labute approximate surface area is 164 Å². The maximum atomic E-state index is 12.6. The summed E-state index contributed by atoms with van der Waals surface area (Å²) in [6, 6.07) is 14.9. The van der Waals surface area contributed by atoms with Crippen molar-refractivity contribution in [2.24, 2.45) is 5.73 Å². The fourth-order valence-corrected chi connectivity index (χ4v) is 2.58. The zero-order valence-corrected chi connectivity index (χ0v) is 15.7. The molecule has 0 spiro atoms. The maximum absolute atomic E-state index is 12.6. The van der Waals surface area contributed by atoms with Gasteiger partial charge in [-0.1, -0.05) is 18.2 Å². The number of nitrogens with two attached hydrogens (primary N) is 1. The van der Waals surface area contributed by atoms with Crippen LogP contribution in [0.2, 0.25) is 0 Å². The van der Waals surface area contributed by atoms with E-state index in [4.69, 9.17) is 10.5 Å². The summed E-state index contributed by atoms with van der Waals surface area (Å²) in [5.41, 5.74) is 8.64. The number of benzene rings is 2. The Bertz CT molecular complexity index is 931. The topological polar surface area (TPSA) is 102 Å². The van der Waals surface area contributed by atoms with Crippen molar-refractivity contribution in [3.8, 4) is 11.8 Å². The van der Waals surface area contributed by atoms with Crippen LogP contribution in [0.15, 0.2) is 60.9 Å². The van der Waals surface area contributed by atoms with Gasteiger partial charge in [0.2, 0.25) is 0 Å². The summed E-state index contributed by atoms with van der Waals surface area (Å²) in [6.07, 6.45) is 3.22. The van der Waals surface area contributed by atoms with Crippen LogP contribution in [-0.2, 0) is 6.54 Å². The van der Waals surface area contributed by atoms with Crippen LogP contribution in [0, 0.1) is 6.92 Å². The van der Waals surface area contributed by atoms with Crippen LogP contribution in [-0.4, -0.2) is 29.0 Å². The van der Waals surface area contributed by atoms with E-state index < -0.39 is 0 Å². The fraction of sp³-hybridized carbons (Fsp3) is 0.190. The number of carbonyl (C=O) groups excluding carboxylic acids is 1. The Balaban J connectivity index is 1.70. The number of carbonyl (C=O) groups is 1. The molecule has 28 heavy (non-hydrogen) atoms. The van der Waals surface area contributed by atoms with E-state index in [0.717, 1.165) is 17.7 Å². The lowest BCUT2D eigenvalue weighted by atomic mass is 10.1. The van der Waals surface area contributed by atoms with Gasteiger partial charge in [-0.05, 0) is 42.3 Å². The van der Waals surface area contributed by atoms with Crippen molar-refractivity contribution in [1.29, 1.82) is 0 Å². The summed E-state index contributed by atoms with van der Waals surface area (Å²) in [7, 11) is 0. The minimum Gasteiger partial charge on any atom is -0.424 e. The molecule has 1 heterocycles. The third-order valence-corrected chi connectivity index (χ3v) is 4.03. The van der Waals surface area contributed by atoms with Crippen molar-refractivity contribution in [1.82, 2.24) is 15.3 Å². The average Bonchev–Trinajstić information content (AvgIpc) is 2.72. The number of nitrogens with one attached hydrogen (secondary N) is 2. The predicted octanol–water partition coefficient (Wildman–Crippen LogP) is 2.88. The third kappa shape index (κ3) is 5.35. The number of rotatable bonds is 8. The molecule has 4 N–H and O–H groups in total. The largest absolute Gasteiger partial charge is 0.424 e. The first-order valence-corrected chi connectivity index (χ1v) is 9.02. The highest BCUT2D eigenvalue weighted by atomic mass is 16.5. The van der Waals surface area contributed by atoms with Crippen LogP contribution >= 0.6 is 0 Å². The molecule has 144 valence electrons. The Morgan fingerprint density at radius 3 is 2.71 bits per heavy atom. The minimum absolute atomic E-state index is 0.188. The molecule has 0 atom stereocenters. The molecule has 7 nitrogen and oxygen atoms in total. The molecule has 0 fully saturated rings. The Morgan fingerprint density at radius 2 is 1.93 bits per heavy atom. The van der Waals surface area contributed by atoms with E-state index >= 15 is 0 Å². The summed E-state index contributed by atoms with van der Waals surface area (Å²) >= 11 is 0. The van der Waals surface area contributed by atoms with Gasteiger partial charge >= 0.3 is 6.01 Å². The standard InChI is InChI=1S/C21H23N5O2/c1-15-6-7-18(13-19(15)28-21-24-9-3-10-25-21)26-20(27)17-5-2-4-16(12-17)14-23-11-8-22/h2-7,9-10,12-13,23H,8,11,14,22H2,1H3,(H,26,27). The highest BCUT2D eigenvalue weighted by Crippen LogP contribution is 2.26. The molecule has 0 aliphatic carbocycles. The van der Waals surface area contributed by atoms with Gasteiger partial charge in [0, 0.05) is 49.3 Å². The van der Waals surface area contributed by atoms with Crippen molar-refractivity contribution in [2.45, 2.75) is 13.5 Å². The summed E-state index contributed by atoms with van der Waals surface area (Å²) in [4.78, 5) is 20.8. The van der Waals surface area contributed by atoms with Crippen molar-refractivity contribution < 1.29 is 9.53 Å². The van der Waals surface area contributed by atoms with Gasteiger partial charge in [0.25, 0.3) is 5.91 Å².